The smallest absolute Gasteiger partial charge is 0.223 e. The van der Waals surface area contributed by atoms with E-state index in [1.807, 2.05) is 15.8 Å². The molecule has 1 aromatic rings. The Kier molecular flexibility index (Phi) is 4.53. The van der Waals surface area contributed by atoms with Crippen molar-refractivity contribution in [2.24, 2.45) is 5.92 Å². The third-order valence-electron chi connectivity index (χ3n) is 4.87. The van der Waals surface area contributed by atoms with Crippen molar-refractivity contribution in [2.45, 2.75) is 57.1 Å². The van der Waals surface area contributed by atoms with E-state index in [-0.39, 0.29) is 24.0 Å². The van der Waals surface area contributed by atoms with Crippen LogP contribution in [0.5, 0.6) is 0 Å². The highest BCUT2D eigenvalue weighted by atomic mass is 16.3. The molecule has 6 heteroatoms. The lowest BCUT2D eigenvalue weighted by molar-refractivity contribution is -0.135. The first-order valence-electron chi connectivity index (χ1n) is 8.05. The van der Waals surface area contributed by atoms with Gasteiger partial charge in [0, 0.05) is 25.7 Å². The van der Waals surface area contributed by atoms with Crippen molar-refractivity contribution in [3.8, 4) is 0 Å². The van der Waals surface area contributed by atoms with Crippen LogP contribution in [0.4, 0.5) is 0 Å². The van der Waals surface area contributed by atoms with Crippen LogP contribution in [0.3, 0.4) is 0 Å². The van der Waals surface area contributed by atoms with Crippen LogP contribution in [0.25, 0.3) is 0 Å². The molecule has 3 atom stereocenters. The van der Waals surface area contributed by atoms with Gasteiger partial charge in [-0.2, -0.15) is 0 Å². The number of piperidine rings is 1. The summed E-state index contributed by atoms with van der Waals surface area (Å²) < 4.78 is 1.86. The zero-order valence-corrected chi connectivity index (χ0v) is 12.4. The Balaban J connectivity index is 1.56. The Bertz CT molecular complexity index is 462. The number of nitrogens with zero attached hydrogens (tertiary/aromatic N) is 4. The number of likely N-dealkylation sites (tertiary alicyclic amines) is 1. The fourth-order valence-corrected chi connectivity index (χ4v) is 3.59. The minimum Gasteiger partial charge on any atom is -0.393 e. The standard InChI is InChI=1S/C15H24N4O2/c20-14-6-2-1-4-12(14)10-15(21)18-8-3-5-13(11-18)19-9-7-16-17-19/h7,9,12-14,20H,1-6,8,10-11H2/t12-,13?,14+/m0/s1. The molecule has 1 N–H and O–H groups in total. The molecule has 0 bridgehead atoms. The number of carbonyl (C=O) groups excluding carboxylic acids is 1. The lowest BCUT2D eigenvalue weighted by atomic mass is 9.84. The maximum atomic E-state index is 12.5. The second-order valence-electron chi connectivity index (χ2n) is 6.33. The summed E-state index contributed by atoms with van der Waals surface area (Å²) in [6.07, 6.45) is 9.84. The van der Waals surface area contributed by atoms with Gasteiger partial charge in [0.25, 0.3) is 0 Å². The number of hydrogen-bond acceptors (Lipinski definition) is 4. The molecule has 1 aromatic heterocycles. The molecule has 2 aliphatic rings. The number of hydrogen-bond donors (Lipinski definition) is 1. The second-order valence-corrected chi connectivity index (χ2v) is 6.33. The fourth-order valence-electron chi connectivity index (χ4n) is 3.59. The van der Waals surface area contributed by atoms with Gasteiger partial charge in [-0.15, -0.1) is 5.10 Å². The maximum absolute atomic E-state index is 12.5. The van der Waals surface area contributed by atoms with Crippen molar-refractivity contribution < 1.29 is 9.90 Å². The zero-order valence-electron chi connectivity index (χ0n) is 12.4. The first kappa shape index (κ1) is 14.5. The van der Waals surface area contributed by atoms with Crippen LogP contribution < -0.4 is 0 Å². The van der Waals surface area contributed by atoms with Gasteiger partial charge in [-0.25, -0.2) is 4.68 Å². The summed E-state index contributed by atoms with van der Waals surface area (Å²) in [6.45, 7) is 1.54. The van der Waals surface area contributed by atoms with E-state index in [9.17, 15) is 9.90 Å². The van der Waals surface area contributed by atoms with E-state index in [2.05, 4.69) is 10.3 Å². The lowest BCUT2D eigenvalue weighted by Crippen LogP contribution is -2.42. The highest BCUT2D eigenvalue weighted by Crippen LogP contribution is 2.28. The minimum absolute atomic E-state index is 0.151. The minimum atomic E-state index is -0.293. The van der Waals surface area contributed by atoms with Crippen LogP contribution in [-0.4, -0.2) is 50.1 Å². The molecule has 116 valence electrons. The normalized spacial score (nSPS) is 30.3. The highest BCUT2D eigenvalue weighted by Gasteiger charge is 2.30. The molecule has 21 heavy (non-hydrogen) atoms. The summed E-state index contributed by atoms with van der Waals surface area (Å²) >= 11 is 0. The van der Waals surface area contributed by atoms with Crippen molar-refractivity contribution in [1.29, 1.82) is 0 Å². The van der Waals surface area contributed by atoms with Crippen molar-refractivity contribution in [1.82, 2.24) is 19.9 Å². The van der Waals surface area contributed by atoms with Crippen LogP contribution in [0.15, 0.2) is 12.4 Å². The molecule has 0 radical (unpaired) electrons. The predicted molar refractivity (Wildman–Crippen MR) is 77.5 cm³/mol. The Hall–Kier alpha value is -1.43. The van der Waals surface area contributed by atoms with Gasteiger partial charge in [-0.3, -0.25) is 4.79 Å². The van der Waals surface area contributed by atoms with Gasteiger partial charge < -0.3 is 10.0 Å². The summed E-state index contributed by atoms with van der Waals surface area (Å²) in [4.78, 5) is 14.4. The predicted octanol–water partition coefficient (Wildman–Crippen LogP) is 1.38. The number of aliphatic hydroxyl groups excluding tert-OH is 1. The highest BCUT2D eigenvalue weighted by molar-refractivity contribution is 5.76. The first-order valence-corrected chi connectivity index (χ1v) is 8.05. The summed E-state index contributed by atoms with van der Waals surface area (Å²) in [6, 6.07) is 0.237. The van der Waals surface area contributed by atoms with Crippen LogP contribution >= 0.6 is 0 Å². The average molecular weight is 292 g/mol. The van der Waals surface area contributed by atoms with Crippen molar-refractivity contribution in [2.75, 3.05) is 13.1 Å². The van der Waals surface area contributed by atoms with Gasteiger partial charge in [-0.1, -0.05) is 18.1 Å². The molecule has 1 aliphatic heterocycles. The van der Waals surface area contributed by atoms with E-state index in [0.29, 0.717) is 13.0 Å². The monoisotopic (exact) mass is 292 g/mol. The largest absolute Gasteiger partial charge is 0.393 e. The molecule has 0 spiro atoms. The lowest BCUT2D eigenvalue weighted by Gasteiger charge is -2.35. The van der Waals surface area contributed by atoms with Gasteiger partial charge >= 0.3 is 0 Å². The molecule has 0 aromatic carbocycles. The summed E-state index contributed by atoms with van der Waals surface area (Å²) in [5.74, 6) is 0.337. The Morgan fingerprint density at radius 3 is 2.86 bits per heavy atom. The third-order valence-corrected chi connectivity index (χ3v) is 4.87. The fraction of sp³-hybridized carbons (Fsp3) is 0.800. The van der Waals surface area contributed by atoms with Gasteiger partial charge in [0.05, 0.1) is 18.3 Å². The molecule has 1 aliphatic carbocycles. The number of rotatable bonds is 3. The van der Waals surface area contributed by atoms with Gasteiger partial charge in [0.15, 0.2) is 0 Å². The SMILES string of the molecule is O=C(C[C@@H]1CCCC[C@H]1O)N1CCCC(n2ccnn2)C1. The van der Waals surface area contributed by atoms with Crippen LogP contribution in [0, 0.1) is 5.92 Å². The quantitative estimate of drug-likeness (QED) is 0.913. The molecule has 3 rings (SSSR count). The first-order chi connectivity index (χ1) is 10.2. The molecule has 1 unspecified atom stereocenters. The molecular formula is C15H24N4O2. The van der Waals surface area contributed by atoms with Gasteiger partial charge in [0.2, 0.25) is 5.91 Å². The molecular weight excluding hydrogens is 268 g/mol. The molecule has 1 saturated carbocycles. The topological polar surface area (TPSA) is 71.2 Å². The Labute approximate surface area is 125 Å². The van der Waals surface area contributed by atoms with E-state index in [1.165, 1.54) is 0 Å². The molecule has 2 heterocycles. The average Bonchev–Trinajstić information content (AvgIpc) is 3.04. The second kappa shape index (κ2) is 6.56. The summed E-state index contributed by atoms with van der Waals surface area (Å²) in [5, 5.41) is 17.9. The maximum Gasteiger partial charge on any atom is 0.223 e. The molecule has 2 fully saturated rings. The van der Waals surface area contributed by atoms with E-state index in [0.717, 1.165) is 45.1 Å². The van der Waals surface area contributed by atoms with Gasteiger partial charge in [0.1, 0.15) is 0 Å². The van der Waals surface area contributed by atoms with E-state index < -0.39 is 0 Å². The molecule has 1 amide bonds. The van der Waals surface area contributed by atoms with Crippen LogP contribution in [0.1, 0.15) is 51.0 Å². The van der Waals surface area contributed by atoms with E-state index in [4.69, 9.17) is 0 Å². The van der Waals surface area contributed by atoms with E-state index >= 15 is 0 Å². The Morgan fingerprint density at radius 1 is 1.24 bits per heavy atom. The van der Waals surface area contributed by atoms with E-state index in [1.54, 1.807) is 6.20 Å². The summed E-state index contributed by atoms with van der Waals surface area (Å²) in [5.41, 5.74) is 0. The van der Waals surface area contributed by atoms with Crippen molar-refractivity contribution in [3.63, 3.8) is 0 Å². The van der Waals surface area contributed by atoms with Crippen LogP contribution in [-0.2, 0) is 4.79 Å². The summed E-state index contributed by atoms with van der Waals surface area (Å²) in [7, 11) is 0. The molecule has 1 saturated heterocycles. The van der Waals surface area contributed by atoms with Gasteiger partial charge in [-0.05, 0) is 31.6 Å². The number of aromatic nitrogens is 3. The van der Waals surface area contributed by atoms with Crippen molar-refractivity contribution >= 4 is 5.91 Å². The number of aliphatic hydroxyl groups is 1. The number of amides is 1. The third kappa shape index (κ3) is 3.43. The molecule has 6 nitrogen and oxygen atoms in total. The Morgan fingerprint density at radius 2 is 2.10 bits per heavy atom. The number of carbonyl (C=O) groups is 1. The van der Waals surface area contributed by atoms with Crippen molar-refractivity contribution in [3.05, 3.63) is 12.4 Å². The van der Waals surface area contributed by atoms with Crippen LogP contribution in [0.2, 0.25) is 0 Å². The zero-order chi connectivity index (χ0) is 14.7.